The van der Waals surface area contributed by atoms with E-state index in [1.807, 2.05) is 0 Å². The van der Waals surface area contributed by atoms with Crippen molar-refractivity contribution in [2.75, 3.05) is 5.33 Å². The van der Waals surface area contributed by atoms with Crippen LogP contribution in [0.15, 0.2) is 0 Å². The van der Waals surface area contributed by atoms with Crippen molar-refractivity contribution in [3.05, 3.63) is 0 Å². The molecule has 0 atom stereocenters. The Labute approximate surface area is 50.0 Å². The third kappa shape index (κ3) is 3.65. The summed E-state index contributed by atoms with van der Waals surface area (Å²) in [4.78, 5) is 9.99. The molecule has 0 unspecified atom stereocenters. The van der Waals surface area contributed by atoms with Gasteiger partial charge in [0.15, 0.2) is 0 Å². The van der Waals surface area contributed by atoms with Crippen molar-refractivity contribution in [3.63, 3.8) is 0 Å². The molecule has 0 spiro atoms. The number of carbonyl (C=O) groups excluding carboxylic acids is 1. The summed E-state index contributed by atoms with van der Waals surface area (Å²) in [5.74, 6) is -0.449. The van der Waals surface area contributed by atoms with Gasteiger partial charge in [-0.1, -0.05) is 0 Å². The van der Waals surface area contributed by atoms with Gasteiger partial charge in [0.2, 0.25) is 0 Å². The molecule has 0 saturated heterocycles. The van der Waals surface area contributed by atoms with Gasteiger partial charge in [0.1, 0.15) is 0 Å². The zero-order valence-corrected chi connectivity index (χ0v) is 5.06. The molecule has 1 N–H and O–H groups in total. The number of hydrogen-bond donors (Lipinski definition) is 1. The van der Waals surface area contributed by atoms with Crippen LogP contribution in [0, 0.1) is 5.31 Å². The molecule has 7 heavy (non-hydrogen) atoms. The van der Waals surface area contributed by atoms with Gasteiger partial charge in [-0.2, -0.15) is 0 Å². The van der Waals surface area contributed by atoms with Crippen molar-refractivity contribution in [2.24, 2.45) is 0 Å². The van der Waals surface area contributed by atoms with Crippen molar-refractivity contribution in [2.45, 2.75) is 0 Å². The summed E-state index contributed by atoms with van der Waals surface area (Å²) in [6.45, 7) is 0. The second-order valence-electron chi connectivity index (χ2n) is 0.741. The second-order valence-corrected chi connectivity index (χ2v) is 1.30. The molecule has 0 saturated carbocycles. The number of rotatable bonds is 2. The van der Waals surface area contributed by atoms with E-state index in [4.69, 9.17) is 5.31 Å². The molecule has 0 rings (SSSR count). The quantitative estimate of drug-likeness (QED) is 0.471. The van der Waals surface area contributed by atoms with Crippen molar-refractivity contribution in [1.82, 2.24) is 0 Å². The second kappa shape index (κ2) is 3.99. The van der Waals surface area contributed by atoms with Crippen molar-refractivity contribution >= 4 is 29.2 Å². The van der Waals surface area contributed by atoms with Crippen LogP contribution in [0.3, 0.4) is 0 Å². The van der Waals surface area contributed by atoms with E-state index in [1.54, 1.807) is 0 Å². The van der Waals surface area contributed by atoms with Crippen LogP contribution in [0.4, 0.5) is 0 Å². The van der Waals surface area contributed by atoms with Gasteiger partial charge < -0.3 is 0 Å². The zero-order chi connectivity index (χ0) is 5.70. The summed E-state index contributed by atoms with van der Waals surface area (Å²) in [6.07, 6.45) is 0. The Morgan fingerprint density at radius 1 is 2.00 bits per heavy atom. The van der Waals surface area contributed by atoms with E-state index in [0.717, 1.165) is 0 Å². The molecule has 3 nitrogen and oxygen atoms in total. The predicted molar refractivity (Wildman–Crippen MR) is 28.4 cm³/mol. The number of nitrogens with one attached hydrogen (secondary N) is 1. The first-order valence-electron chi connectivity index (χ1n) is 1.55. The maximum atomic E-state index is 9.99. The Hall–Kier alpha value is -0.185. The fraction of sp³-hybridized carbons (Fsp3) is 0.500. The Morgan fingerprint density at radius 2 is 2.57 bits per heavy atom. The van der Waals surface area contributed by atoms with Crippen LogP contribution >= 0.6 is 15.9 Å². The third-order valence-electron chi connectivity index (χ3n) is 0.299. The van der Waals surface area contributed by atoms with Crippen LogP contribution in [0.25, 0.3) is 0 Å². The molecule has 0 heterocycles. The van der Waals surface area contributed by atoms with Gasteiger partial charge in [-0.3, -0.25) is 0 Å². The first-order valence-corrected chi connectivity index (χ1v) is 2.67. The molecule has 0 aromatic carbocycles. The molecular formula is C2H3BBrNO2. The monoisotopic (exact) mass is 163 g/mol. The number of hydrogen-bond acceptors (Lipinski definition) is 3. The van der Waals surface area contributed by atoms with Crippen LogP contribution < -0.4 is 0 Å². The van der Waals surface area contributed by atoms with Crippen molar-refractivity contribution in [3.8, 4) is 0 Å². The fourth-order valence-corrected chi connectivity index (χ4v) is 0.229. The van der Waals surface area contributed by atoms with E-state index in [0.29, 0.717) is 7.27 Å². The van der Waals surface area contributed by atoms with Gasteiger partial charge in [-0.05, 0) is 0 Å². The summed E-state index contributed by atoms with van der Waals surface area (Å²) >= 11 is 2.84. The van der Waals surface area contributed by atoms with Crippen LogP contribution in [-0.4, -0.2) is 18.6 Å². The molecule has 0 aliphatic carbocycles. The number of alkyl halides is 1. The standard InChI is InChI=1S/C2H3BBrNO2/c4-1-2(6)7-3-5/h5H,1H2. The Bertz CT molecular complexity index is 85.8. The number of halogens is 1. The van der Waals surface area contributed by atoms with Gasteiger partial charge >= 0.3 is 49.3 Å². The fourth-order valence-electron chi connectivity index (χ4n) is 0.0972. The Morgan fingerprint density at radius 3 is 2.71 bits per heavy atom. The summed E-state index contributed by atoms with van der Waals surface area (Å²) < 4.78 is 4.05. The van der Waals surface area contributed by atoms with E-state index in [9.17, 15) is 4.79 Å². The molecule has 38 valence electrons. The molecular weight excluding hydrogens is 161 g/mol. The molecule has 0 bridgehead atoms. The summed E-state index contributed by atoms with van der Waals surface area (Å²) in [6, 6.07) is 0. The zero-order valence-electron chi connectivity index (χ0n) is 3.48. The van der Waals surface area contributed by atoms with Gasteiger partial charge in [0, 0.05) is 0 Å². The SMILES string of the molecule is N=BOC(=O)CBr. The van der Waals surface area contributed by atoms with E-state index in [1.165, 1.54) is 0 Å². The van der Waals surface area contributed by atoms with E-state index < -0.39 is 5.97 Å². The molecule has 0 amide bonds. The van der Waals surface area contributed by atoms with E-state index in [-0.39, 0.29) is 5.33 Å². The van der Waals surface area contributed by atoms with Crippen molar-refractivity contribution in [1.29, 1.82) is 5.31 Å². The molecule has 0 aliphatic rings. The van der Waals surface area contributed by atoms with Crippen molar-refractivity contribution < 1.29 is 9.45 Å². The Kier molecular flexibility index (Phi) is 3.88. The molecule has 5 heteroatoms. The molecule has 0 aromatic rings. The van der Waals surface area contributed by atoms with Gasteiger partial charge in [0.25, 0.3) is 0 Å². The molecule has 0 aromatic heterocycles. The first-order chi connectivity index (χ1) is 3.31. The van der Waals surface area contributed by atoms with E-state index >= 15 is 0 Å². The average molecular weight is 164 g/mol. The Balaban J connectivity index is 3.17. The third-order valence-corrected chi connectivity index (χ3v) is 0.757. The molecule has 0 radical (unpaired) electrons. The van der Waals surface area contributed by atoms with Crippen LogP contribution in [0.1, 0.15) is 0 Å². The van der Waals surface area contributed by atoms with Crippen LogP contribution in [0.5, 0.6) is 0 Å². The summed E-state index contributed by atoms with van der Waals surface area (Å²) in [5, 5.41) is 6.39. The number of carbonyl (C=O) groups is 1. The molecule has 0 aliphatic heterocycles. The summed E-state index contributed by atoms with van der Waals surface area (Å²) in [7, 11) is 0.601. The first kappa shape index (κ1) is 6.81. The normalized spacial score (nSPS) is 7.00. The average Bonchev–Trinajstić information content (AvgIpc) is 1.68. The predicted octanol–water partition coefficient (Wildman–Crippen LogP) is 0.306. The minimum absolute atomic E-state index is 0.141. The van der Waals surface area contributed by atoms with E-state index in [2.05, 4.69) is 20.6 Å². The minimum atomic E-state index is -0.449. The van der Waals surface area contributed by atoms with Gasteiger partial charge in [0.05, 0.1) is 0 Å². The van der Waals surface area contributed by atoms with Gasteiger partial charge in [-0.15, -0.1) is 0 Å². The van der Waals surface area contributed by atoms with Crippen LogP contribution in [0.2, 0.25) is 0 Å². The molecule has 0 fully saturated rings. The van der Waals surface area contributed by atoms with Crippen LogP contribution in [-0.2, 0) is 9.45 Å². The summed E-state index contributed by atoms with van der Waals surface area (Å²) in [5.41, 5.74) is 0. The topological polar surface area (TPSA) is 50.1 Å². The maximum absolute atomic E-state index is 9.99. The van der Waals surface area contributed by atoms with Gasteiger partial charge in [-0.25, -0.2) is 0 Å².